The Morgan fingerprint density at radius 1 is 1.86 bits per heavy atom. The number of rotatable bonds is 3. The molecule has 1 unspecified atom stereocenters. The molecule has 0 fully saturated rings. The van der Waals surface area contributed by atoms with Crippen LogP contribution in [0.15, 0.2) is 12.7 Å². The highest BCUT2D eigenvalue weighted by molar-refractivity contribution is 6.08. The predicted molar refractivity (Wildman–Crippen MR) is 37.3 cm³/mol. The van der Waals surface area contributed by atoms with Crippen LogP contribution in [0.2, 0.25) is 6.32 Å². The molecule has 0 radical (unpaired) electrons. The zero-order valence-electron chi connectivity index (χ0n) is 5.28. The van der Waals surface area contributed by atoms with Crippen molar-refractivity contribution >= 4 is 7.85 Å². The fraction of sp³-hybridized carbons (Fsp3) is 0.667. The summed E-state index contributed by atoms with van der Waals surface area (Å²) in [5.41, 5.74) is 0. The van der Waals surface area contributed by atoms with Crippen molar-refractivity contribution in [2.75, 3.05) is 0 Å². The second-order valence-electron chi connectivity index (χ2n) is 2.04. The van der Waals surface area contributed by atoms with Gasteiger partial charge in [0.25, 0.3) is 0 Å². The summed E-state index contributed by atoms with van der Waals surface area (Å²) in [4.78, 5) is 0. The molecular weight excluding hydrogens is 82.9 g/mol. The SMILES string of the molecule is BCC(C)CC=C. The van der Waals surface area contributed by atoms with Gasteiger partial charge in [0.05, 0.1) is 0 Å². The van der Waals surface area contributed by atoms with Crippen molar-refractivity contribution in [3.63, 3.8) is 0 Å². The maximum Gasteiger partial charge on any atom is 0.101 e. The Kier molecular flexibility index (Phi) is 3.87. The van der Waals surface area contributed by atoms with E-state index in [4.69, 9.17) is 0 Å². The lowest BCUT2D eigenvalue weighted by Gasteiger charge is -2.00. The van der Waals surface area contributed by atoms with Crippen molar-refractivity contribution < 1.29 is 0 Å². The molecule has 0 heterocycles. The molecule has 0 aromatic heterocycles. The molecule has 0 nitrogen and oxygen atoms in total. The summed E-state index contributed by atoms with van der Waals surface area (Å²) in [7, 11) is 2.20. The summed E-state index contributed by atoms with van der Waals surface area (Å²) < 4.78 is 0. The van der Waals surface area contributed by atoms with Crippen LogP contribution in [0.3, 0.4) is 0 Å². The average Bonchev–Trinajstić information content (AvgIpc) is 1.68. The van der Waals surface area contributed by atoms with Gasteiger partial charge in [-0.25, -0.2) is 0 Å². The van der Waals surface area contributed by atoms with Gasteiger partial charge in [0.1, 0.15) is 7.85 Å². The molecule has 40 valence electrons. The van der Waals surface area contributed by atoms with Gasteiger partial charge in [0.15, 0.2) is 0 Å². The molecule has 0 aromatic carbocycles. The zero-order valence-corrected chi connectivity index (χ0v) is 5.28. The van der Waals surface area contributed by atoms with Gasteiger partial charge in [0, 0.05) is 0 Å². The second-order valence-corrected chi connectivity index (χ2v) is 2.04. The molecule has 0 rings (SSSR count). The van der Waals surface area contributed by atoms with E-state index < -0.39 is 0 Å². The lowest BCUT2D eigenvalue weighted by atomic mass is 9.91. The summed E-state index contributed by atoms with van der Waals surface area (Å²) in [5.74, 6) is 0.831. The van der Waals surface area contributed by atoms with Crippen LogP contribution in [0.25, 0.3) is 0 Å². The lowest BCUT2D eigenvalue weighted by molar-refractivity contribution is 0.664. The molecule has 0 saturated heterocycles. The molecule has 0 bridgehead atoms. The van der Waals surface area contributed by atoms with Crippen LogP contribution in [0.1, 0.15) is 13.3 Å². The maximum absolute atomic E-state index is 3.65. The Hall–Kier alpha value is -0.195. The Morgan fingerprint density at radius 2 is 2.43 bits per heavy atom. The molecule has 1 atom stereocenters. The summed E-state index contributed by atoms with van der Waals surface area (Å²) in [5, 5.41) is 0. The molecule has 1 heteroatoms. The number of hydrogen-bond donors (Lipinski definition) is 0. The van der Waals surface area contributed by atoms with Crippen LogP contribution in [0.5, 0.6) is 0 Å². The minimum atomic E-state index is 0.831. The Balaban J connectivity index is 2.98. The van der Waals surface area contributed by atoms with Gasteiger partial charge in [-0.05, 0) is 12.3 Å². The fourth-order valence-electron chi connectivity index (χ4n) is 0.451. The first-order valence-corrected chi connectivity index (χ1v) is 2.92. The smallest absolute Gasteiger partial charge is 0.101 e. The molecule has 7 heavy (non-hydrogen) atoms. The molecule has 0 aromatic rings. The lowest BCUT2D eigenvalue weighted by Crippen LogP contribution is -1.88. The van der Waals surface area contributed by atoms with Crippen LogP contribution in [-0.4, -0.2) is 7.85 Å². The van der Waals surface area contributed by atoms with Crippen molar-refractivity contribution in [1.29, 1.82) is 0 Å². The molecule has 0 N–H and O–H groups in total. The van der Waals surface area contributed by atoms with Gasteiger partial charge < -0.3 is 0 Å². The van der Waals surface area contributed by atoms with Gasteiger partial charge in [-0.2, -0.15) is 0 Å². The minimum absolute atomic E-state index is 0.831. The fourth-order valence-corrected chi connectivity index (χ4v) is 0.451. The minimum Gasteiger partial charge on any atom is -0.103 e. The monoisotopic (exact) mass is 96.1 g/mol. The average molecular weight is 96.0 g/mol. The number of hydrogen-bond acceptors (Lipinski definition) is 0. The Morgan fingerprint density at radius 3 is 2.57 bits per heavy atom. The molecule has 0 spiro atoms. The van der Waals surface area contributed by atoms with E-state index in [9.17, 15) is 0 Å². The van der Waals surface area contributed by atoms with Crippen molar-refractivity contribution in [2.45, 2.75) is 19.7 Å². The van der Waals surface area contributed by atoms with E-state index in [1.54, 1.807) is 0 Å². The van der Waals surface area contributed by atoms with Crippen molar-refractivity contribution in [3.8, 4) is 0 Å². The van der Waals surface area contributed by atoms with Gasteiger partial charge in [-0.15, -0.1) is 6.58 Å². The highest BCUT2D eigenvalue weighted by atomic mass is 13.9. The first kappa shape index (κ1) is 6.80. The molecule has 0 saturated carbocycles. The maximum atomic E-state index is 3.65. The van der Waals surface area contributed by atoms with E-state index in [0.29, 0.717) is 0 Å². The van der Waals surface area contributed by atoms with Gasteiger partial charge in [0.2, 0.25) is 0 Å². The van der Waals surface area contributed by atoms with E-state index in [-0.39, 0.29) is 0 Å². The molecule has 0 amide bonds. The van der Waals surface area contributed by atoms with E-state index in [1.165, 1.54) is 6.32 Å². The third kappa shape index (κ3) is 3.64. The Labute approximate surface area is 47.0 Å². The second kappa shape index (κ2) is 3.98. The van der Waals surface area contributed by atoms with Gasteiger partial charge in [-0.3, -0.25) is 0 Å². The van der Waals surface area contributed by atoms with Crippen molar-refractivity contribution in [1.82, 2.24) is 0 Å². The van der Waals surface area contributed by atoms with Crippen molar-refractivity contribution in [3.05, 3.63) is 12.7 Å². The normalized spacial score (nSPS) is 13.3. The van der Waals surface area contributed by atoms with Gasteiger partial charge >= 0.3 is 0 Å². The number of allylic oxidation sites excluding steroid dienone is 1. The first-order valence-electron chi connectivity index (χ1n) is 2.92. The largest absolute Gasteiger partial charge is 0.103 e. The highest BCUT2D eigenvalue weighted by Gasteiger charge is 1.90. The van der Waals surface area contributed by atoms with E-state index in [0.717, 1.165) is 12.3 Å². The summed E-state index contributed by atoms with van der Waals surface area (Å²) >= 11 is 0. The van der Waals surface area contributed by atoms with E-state index in [1.807, 2.05) is 6.08 Å². The van der Waals surface area contributed by atoms with Gasteiger partial charge in [-0.1, -0.05) is 19.3 Å². The topological polar surface area (TPSA) is 0 Å². The summed E-state index contributed by atoms with van der Waals surface area (Å²) in [6, 6.07) is 0. The van der Waals surface area contributed by atoms with E-state index in [2.05, 4.69) is 21.3 Å². The third-order valence-electron chi connectivity index (χ3n) is 1.27. The first-order chi connectivity index (χ1) is 3.31. The van der Waals surface area contributed by atoms with Crippen LogP contribution in [0.4, 0.5) is 0 Å². The zero-order chi connectivity index (χ0) is 5.70. The predicted octanol–water partition coefficient (Wildman–Crippen LogP) is 1.25. The third-order valence-corrected chi connectivity index (χ3v) is 1.27. The standard InChI is InChI=1S/C6H13B/c1-3-4-6(2)5-7/h3,6H,1,4-5,7H2,2H3. The quantitative estimate of drug-likeness (QED) is 0.366. The summed E-state index contributed by atoms with van der Waals surface area (Å²) in [6.45, 7) is 5.89. The molecular formula is C6H13B. The Bertz CT molecular complexity index is 50.1. The molecule has 0 aliphatic carbocycles. The summed E-state index contributed by atoms with van der Waals surface area (Å²) in [6.07, 6.45) is 4.41. The van der Waals surface area contributed by atoms with Crippen LogP contribution in [-0.2, 0) is 0 Å². The van der Waals surface area contributed by atoms with E-state index >= 15 is 0 Å². The van der Waals surface area contributed by atoms with Crippen molar-refractivity contribution in [2.24, 2.45) is 5.92 Å². The van der Waals surface area contributed by atoms with Crippen LogP contribution in [0, 0.1) is 5.92 Å². The molecule has 0 aliphatic heterocycles. The highest BCUT2D eigenvalue weighted by Crippen LogP contribution is 2.03. The molecule has 0 aliphatic rings. The van der Waals surface area contributed by atoms with Crippen LogP contribution < -0.4 is 0 Å². The van der Waals surface area contributed by atoms with Crippen LogP contribution >= 0.6 is 0 Å².